The Morgan fingerprint density at radius 1 is 0.920 bits per heavy atom. The first-order chi connectivity index (χ1) is 12.1. The Bertz CT molecular complexity index is 942. The van der Waals surface area contributed by atoms with Crippen molar-refractivity contribution in [3.05, 3.63) is 93.4 Å². The Kier molecular flexibility index (Phi) is 4.24. The van der Waals surface area contributed by atoms with Crippen LogP contribution >= 0.6 is 27.5 Å². The molecule has 0 aliphatic carbocycles. The molecule has 0 radical (unpaired) electrons. The molecule has 0 saturated heterocycles. The van der Waals surface area contributed by atoms with Gasteiger partial charge in [0.2, 0.25) is 0 Å². The molecule has 1 aliphatic rings. The van der Waals surface area contributed by atoms with E-state index in [4.69, 9.17) is 11.6 Å². The molecule has 3 aromatic carbocycles. The predicted molar refractivity (Wildman–Crippen MR) is 105 cm³/mol. The number of nitrogens with one attached hydrogen (secondary N) is 1. The van der Waals surface area contributed by atoms with E-state index in [1.54, 1.807) is 4.90 Å². The van der Waals surface area contributed by atoms with Crippen LogP contribution in [0.5, 0.6) is 0 Å². The van der Waals surface area contributed by atoms with Crippen molar-refractivity contribution in [1.29, 1.82) is 0 Å². The van der Waals surface area contributed by atoms with E-state index in [9.17, 15) is 4.79 Å². The molecule has 3 aromatic rings. The lowest BCUT2D eigenvalue weighted by Gasteiger charge is -2.38. The molecular formula is C20H14BrClN2O. The number of hydrogen-bond acceptors (Lipinski definition) is 2. The quantitative estimate of drug-likeness (QED) is 0.569. The largest absolute Gasteiger partial charge is 0.360 e. The molecule has 124 valence electrons. The number of fused-ring (bicyclic) bond motifs is 1. The van der Waals surface area contributed by atoms with Gasteiger partial charge >= 0.3 is 0 Å². The van der Waals surface area contributed by atoms with Gasteiger partial charge in [-0.25, -0.2) is 0 Å². The highest BCUT2D eigenvalue weighted by Gasteiger charge is 2.34. The zero-order chi connectivity index (χ0) is 17.4. The molecule has 0 spiro atoms. The third-order valence-corrected chi connectivity index (χ3v) is 5.10. The molecule has 1 heterocycles. The number of halogens is 2. The zero-order valence-corrected chi connectivity index (χ0v) is 15.5. The first-order valence-corrected chi connectivity index (χ1v) is 9.01. The van der Waals surface area contributed by atoms with E-state index in [-0.39, 0.29) is 12.1 Å². The smallest absolute Gasteiger partial charge is 0.262 e. The summed E-state index contributed by atoms with van der Waals surface area (Å²) in [6, 6.07) is 22.8. The Hall–Kier alpha value is -2.30. The van der Waals surface area contributed by atoms with Crippen LogP contribution in [0, 0.1) is 0 Å². The molecule has 4 rings (SSSR count). The maximum atomic E-state index is 13.2. The van der Waals surface area contributed by atoms with Gasteiger partial charge < -0.3 is 5.32 Å². The van der Waals surface area contributed by atoms with Crippen LogP contribution < -0.4 is 10.2 Å². The maximum Gasteiger partial charge on any atom is 0.262 e. The van der Waals surface area contributed by atoms with Gasteiger partial charge in [-0.2, -0.15) is 0 Å². The lowest BCUT2D eigenvalue weighted by Crippen LogP contribution is -2.43. The summed E-state index contributed by atoms with van der Waals surface area (Å²) >= 11 is 9.87. The number of amides is 1. The second kappa shape index (κ2) is 6.54. The molecule has 0 aromatic heterocycles. The van der Waals surface area contributed by atoms with Gasteiger partial charge in [0.15, 0.2) is 0 Å². The van der Waals surface area contributed by atoms with Gasteiger partial charge in [0.1, 0.15) is 6.17 Å². The normalized spacial score (nSPS) is 16.3. The van der Waals surface area contributed by atoms with Gasteiger partial charge in [0, 0.05) is 26.4 Å². The average molecular weight is 414 g/mol. The van der Waals surface area contributed by atoms with Crippen LogP contribution in [-0.4, -0.2) is 5.91 Å². The molecule has 0 saturated carbocycles. The number of carbonyl (C=O) groups is 1. The second-order valence-electron chi connectivity index (χ2n) is 5.77. The summed E-state index contributed by atoms with van der Waals surface area (Å²) in [6.45, 7) is 0. The molecule has 3 nitrogen and oxygen atoms in total. The summed E-state index contributed by atoms with van der Waals surface area (Å²) in [6.07, 6.45) is -0.378. The van der Waals surface area contributed by atoms with Crippen molar-refractivity contribution in [3.63, 3.8) is 0 Å². The molecule has 25 heavy (non-hydrogen) atoms. The van der Waals surface area contributed by atoms with Crippen LogP contribution in [0.15, 0.2) is 77.3 Å². The van der Waals surface area contributed by atoms with Crippen molar-refractivity contribution >= 4 is 44.8 Å². The fourth-order valence-electron chi connectivity index (χ4n) is 3.04. The van der Waals surface area contributed by atoms with Gasteiger partial charge in [0.25, 0.3) is 5.91 Å². The SMILES string of the molecule is O=C1c2ccccc2N[C@@H](c2ccccc2Cl)N1c1ccc(Br)cc1. The summed E-state index contributed by atoms with van der Waals surface area (Å²) < 4.78 is 0.961. The summed E-state index contributed by atoms with van der Waals surface area (Å²) in [4.78, 5) is 15.0. The van der Waals surface area contributed by atoms with Crippen LogP contribution in [0.3, 0.4) is 0 Å². The van der Waals surface area contributed by atoms with Crippen molar-refractivity contribution in [3.8, 4) is 0 Å². The number of carbonyl (C=O) groups excluding carboxylic acids is 1. The van der Waals surface area contributed by atoms with Crippen LogP contribution in [0.25, 0.3) is 0 Å². The number of nitrogens with zero attached hydrogens (tertiary/aromatic N) is 1. The summed E-state index contributed by atoms with van der Waals surface area (Å²) in [7, 11) is 0. The lowest BCUT2D eigenvalue weighted by atomic mass is 10.0. The Labute approximate surface area is 159 Å². The standard InChI is InChI=1S/C20H14BrClN2O/c21-13-9-11-14(12-10-13)24-19(15-5-1-3-7-17(15)22)23-18-8-4-2-6-16(18)20(24)25/h1-12,19,23H/t19-/m1/s1. The van der Waals surface area contributed by atoms with Crippen LogP contribution in [0.1, 0.15) is 22.1 Å². The number of para-hydroxylation sites is 1. The van der Waals surface area contributed by atoms with Crippen LogP contribution in [0.4, 0.5) is 11.4 Å². The van der Waals surface area contributed by atoms with Crippen molar-refractivity contribution in [1.82, 2.24) is 0 Å². The topological polar surface area (TPSA) is 32.3 Å². The van der Waals surface area contributed by atoms with E-state index in [2.05, 4.69) is 21.2 Å². The van der Waals surface area contributed by atoms with E-state index < -0.39 is 0 Å². The van der Waals surface area contributed by atoms with E-state index in [0.717, 1.165) is 21.4 Å². The number of rotatable bonds is 2. The summed E-state index contributed by atoms with van der Waals surface area (Å²) in [5.74, 6) is -0.0541. The van der Waals surface area contributed by atoms with Crippen LogP contribution in [0.2, 0.25) is 5.02 Å². The molecule has 0 fully saturated rings. The van der Waals surface area contributed by atoms with E-state index >= 15 is 0 Å². The maximum absolute atomic E-state index is 13.2. The van der Waals surface area contributed by atoms with E-state index in [0.29, 0.717) is 10.6 Å². The van der Waals surface area contributed by atoms with Gasteiger partial charge in [0.05, 0.1) is 5.56 Å². The molecule has 1 aliphatic heterocycles. The lowest BCUT2D eigenvalue weighted by molar-refractivity contribution is 0.0975. The number of anilines is 2. The van der Waals surface area contributed by atoms with Crippen molar-refractivity contribution in [2.24, 2.45) is 0 Å². The zero-order valence-electron chi connectivity index (χ0n) is 13.1. The minimum Gasteiger partial charge on any atom is -0.360 e. The van der Waals surface area contributed by atoms with Gasteiger partial charge in [-0.15, -0.1) is 0 Å². The highest BCUT2D eigenvalue weighted by atomic mass is 79.9. The highest BCUT2D eigenvalue weighted by Crippen LogP contribution is 2.38. The summed E-state index contributed by atoms with van der Waals surface area (Å²) in [5, 5.41) is 4.08. The Balaban J connectivity index is 1.89. The molecule has 5 heteroatoms. The van der Waals surface area contributed by atoms with E-state index in [1.807, 2.05) is 72.8 Å². The molecule has 1 N–H and O–H groups in total. The first-order valence-electron chi connectivity index (χ1n) is 7.84. The van der Waals surface area contributed by atoms with Crippen molar-refractivity contribution in [2.75, 3.05) is 10.2 Å². The van der Waals surface area contributed by atoms with Crippen LogP contribution in [-0.2, 0) is 0 Å². The Morgan fingerprint density at radius 3 is 2.36 bits per heavy atom. The van der Waals surface area contributed by atoms with Gasteiger partial charge in [-0.3, -0.25) is 9.69 Å². The third-order valence-electron chi connectivity index (χ3n) is 4.23. The molecular weight excluding hydrogens is 400 g/mol. The van der Waals surface area contributed by atoms with Gasteiger partial charge in [-0.05, 0) is 42.5 Å². The van der Waals surface area contributed by atoms with Gasteiger partial charge in [-0.1, -0.05) is 57.9 Å². The Morgan fingerprint density at radius 2 is 1.60 bits per heavy atom. The van der Waals surface area contributed by atoms with Crippen molar-refractivity contribution < 1.29 is 4.79 Å². The highest BCUT2D eigenvalue weighted by molar-refractivity contribution is 9.10. The van der Waals surface area contributed by atoms with E-state index in [1.165, 1.54) is 0 Å². The fourth-order valence-corrected chi connectivity index (χ4v) is 3.54. The minimum absolute atomic E-state index is 0.0541. The second-order valence-corrected chi connectivity index (χ2v) is 7.09. The number of benzene rings is 3. The molecule has 1 amide bonds. The first kappa shape index (κ1) is 16.2. The fraction of sp³-hybridized carbons (Fsp3) is 0.0500. The molecule has 0 unspecified atom stereocenters. The third kappa shape index (κ3) is 2.92. The molecule has 1 atom stereocenters. The summed E-state index contributed by atoms with van der Waals surface area (Å²) in [5.41, 5.74) is 3.12. The average Bonchev–Trinajstić information content (AvgIpc) is 2.63. The minimum atomic E-state index is -0.378. The molecule has 0 bridgehead atoms. The monoisotopic (exact) mass is 412 g/mol. The number of hydrogen-bond donors (Lipinski definition) is 1. The predicted octanol–water partition coefficient (Wildman–Crippen LogP) is 5.87. The van der Waals surface area contributed by atoms with Crippen molar-refractivity contribution in [2.45, 2.75) is 6.17 Å².